The van der Waals surface area contributed by atoms with E-state index < -0.39 is 17.4 Å². The van der Waals surface area contributed by atoms with Gasteiger partial charge in [0.1, 0.15) is 0 Å². The third-order valence-corrected chi connectivity index (χ3v) is 3.43. The van der Waals surface area contributed by atoms with Gasteiger partial charge in [0, 0.05) is 13.0 Å². The van der Waals surface area contributed by atoms with Crippen LogP contribution in [0.2, 0.25) is 0 Å². The second-order valence-electron chi connectivity index (χ2n) is 5.54. The van der Waals surface area contributed by atoms with Crippen LogP contribution in [0.25, 0.3) is 0 Å². The second-order valence-corrected chi connectivity index (χ2v) is 5.54. The van der Waals surface area contributed by atoms with Crippen molar-refractivity contribution >= 4 is 11.9 Å². The molecule has 1 rings (SSSR count). The summed E-state index contributed by atoms with van der Waals surface area (Å²) in [5, 5.41) is 9.57. The molecule has 1 N–H and O–H groups in total. The number of aliphatic carboxylic acids is 1. The van der Waals surface area contributed by atoms with E-state index in [0.29, 0.717) is 6.61 Å². The van der Waals surface area contributed by atoms with Crippen LogP contribution >= 0.6 is 0 Å². The van der Waals surface area contributed by atoms with E-state index in [0.717, 1.165) is 12.8 Å². The lowest BCUT2D eigenvalue weighted by molar-refractivity contribution is -0.173. The standard InChI is InChI=1S/C14H24O5/c1-4-18-13(17)14(12(15)16,8-10(2)3)9-11-6-5-7-19-11/h10-11H,4-9H2,1-3H3,(H,15,16). The van der Waals surface area contributed by atoms with Crippen molar-refractivity contribution in [3.63, 3.8) is 0 Å². The van der Waals surface area contributed by atoms with Crippen molar-refractivity contribution in [2.24, 2.45) is 11.3 Å². The highest BCUT2D eigenvalue weighted by atomic mass is 16.5. The first kappa shape index (κ1) is 16.0. The maximum atomic E-state index is 12.2. The van der Waals surface area contributed by atoms with Crippen LogP contribution in [0.4, 0.5) is 0 Å². The molecule has 5 nitrogen and oxygen atoms in total. The Balaban J connectivity index is 2.95. The lowest BCUT2D eigenvalue weighted by Gasteiger charge is -2.30. The van der Waals surface area contributed by atoms with Crippen molar-refractivity contribution in [3.05, 3.63) is 0 Å². The molecular formula is C14H24O5. The molecule has 1 fully saturated rings. The smallest absolute Gasteiger partial charge is 0.323 e. The van der Waals surface area contributed by atoms with Crippen molar-refractivity contribution in [2.45, 2.75) is 52.6 Å². The number of esters is 1. The third kappa shape index (κ3) is 3.93. The molecule has 1 heterocycles. The van der Waals surface area contributed by atoms with E-state index in [9.17, 15) is 14.7 Å². The van der Waals surface area contributed by atoms with Gasteiger partial charge < -0.3 is 14.6 Å². The average Bonchev–Trinajstić information content (AvgIpc) is 2.80. The van der Waals surface area contributed by atoms with Crippen LogP contribution in [0.3, 0.4) is 0 Å². The summed E-state index contributed by atoms with van der Waals surface area (Å²) < 4.78 is 10.5. The molecule has 1 aliphatic heterocycles. The van der Waals surface area contributed by atoms with E-state index in [2.05, 4.69) is 0 Å². The number of hydrogen-bond donors (Lipinski definition) is 1. The van der Waals surface area contributed by atoms with Crippen molar-refractivity contribution in [1.82, 2.24) is 0 Å². The number of rotatable bonds is 7. The molecule has 5 heteroatoms. The molecule has 1 saturated heterocycles. The number of carboxylic acid groups (broad SMARTS) is 1. The van der Waals surface area contributed by atoms with Gasteiger partial charge in [-0.3, -0.25) is 9.59 Å². The molecule has 0 aliphatic carbocycles. The van der Waals surface area contributed by atoms with Gasteiger partial charge in [-0.15, -0.1) is 0 Å². The Morgan fingerprint density at radius 1 is 1.47 bits per heavy atom. The van der Waals surface area contributed by atoms with E-state index >= 15 is 0 Å². The molecule has 110 valence electrons. The van der Waals surface area contributed by atoms with Gasteiger partial charge in [0.25, 0.3) is 0 Å². The van der Waals surface area contributed by atoms with Gasteiger partial charge in [-0.05, 0) is 32.1 Å². The summed E-state index contributed by atoms with van der Waals surface area (Å²) in [6, 6.07) is 0. The summed E-state index contributed by atoms with van der Waals surface area (Å²) in [7, 11) is 0. The highest BCUT2D eigenvalue weighted by Crippen LogP contribution is 2.37. The minimum absolute atomic E-state index is 0.0990. The summed E-state index contributed by atoms with van der Waals surface area (Å²) in [6.45, 7) is 6.34. The third-order valence-electron chi connectivity index (χ3n) is 3.43. The molecule has 2 unspecified atom stereocenters. The molecular weight excluding hydrogens is 248 g/mol. The van der Waals surface area contributed by atoms with E-state index in [-0.39, 0.29) is 31.5 Å². The number of ether oxygens (including phenoxy) is 2. The zero-order valence-corrected chi connectivity index (χ0v) is 12.0. The van der Waals surface area contributed by atoms with Crippen LogP contribution in [0.15, 0.2) is 0 Å². The average molecular weight is 272 g/mol. The topological polar surface area (TPSA) is 72.8 Å². The Morgan fingerprint density at radius 2 is 2.16 bits per heavy atom. The van der Waals surface area contributed by atoms with Gasteiger partial charge in [-0.25, -0.2) is 0 Å². The molecule has 0 aromatic heterocycles. The molecule has 2 atom stereocenters. The summed E-state index contributed by atoms with van der Waals surface area (Å²) >= 11 is 0. The van der Waals surface area contributed by atoms with Crippen LogP contribution in [-0.4, -0.2) is 36.4 Å². The number of carbonyl (C=O) groups excluding carboxylic acids is 1. The van der Waals surface area contributed by atoms with Gasteiger partial charge in [0.05, 0.1) is 12.7 Å². The fourth-order valence-corrected chi connectivity index (χ4v) is 2.67. The van der Waals surface area contributed by atoms with Gasteiger partial charge in [0.15, 0.2) is 5.41 Å². The molecule has 1 aliphatic rings. The summed E-state index contributed by atoms with van der Waals surface area (Å²) in [6.07, 6.45) is 2.07. The number of carboxylic acids is 1. The minimum Gasteiger partial charge on any atom is -0.480 e. The van der Waals surface area contributed by atoms with Crippen LogP contribution in [-0.2, 0) is 19.1 Å². The van der Waals surface area contributed by atoms with Crippen molar-refractivity contribution in [1.29, 1.82) is 0 Å². The quantitative estimate of drug-likeness (QED) is 0.568. The lowest BCUT2D eigenvalue weighted by Crippen LogP contribution is -2.44. The predicted octanol–water partition coefficient (Wildman–Crippen LogP) is 2.24. The Morgan fingerprint density at radius 3 is 2.58 bits per heavy atom. The Labute approximate surface area is 114 Å². The van der Waals surface area contributed by atoms with E-state index in [1.54, 1.807) is 6.92 Å². The molecule has 0 bridgehead atoms. The van der Waals surface area contributed by atoms with E-state index in [4.69, 9.17) is 9.47 Å². The number of hydrogen-bond acceptors (Lipinski definition) is 4. The molecule has 0 spiro atoms. The molecule has 0 aromatic carbocycles. The fourth-order valence-electron chi connectivity index (χ4n) is 2.67. The maximum Gasteiger partial charge on any atom is 0.323 e. The highest BCUT2D eigenvalue weighted by molar-refractivity contribution is 5.99. The zero-order chi connectivity index (χ0) is 14.5. The lowest BCUT2D eigenvalue weighted by atomic mass is 9.75. The summed E-state index contributed by atoms with van der Waals surface area (Å²) in [5.74, 6) is -1.64. The largest absolute Gasteiger partial charge is 0.480 e. The van der Waals surface area contributed by atoms with E-state index in [1.165, 1.54) is 0 Å². The van der Waals surface area contributed by atoms with Gasteiger partial charge in [-0.1, -0.05) is 13.8 Å². The monoisotopic (exact) mass is 272 g/mol. The molecule has 0 saturated carbocycles. The number of carbonyl (C=O) groups is 2. The Kier molecular flexibility index (Phi) is 5.79. The first-order valence-electron chi connectivity index (χ1n) is 6.94. The Hall–Kier alpha value is -1.10. The summed E-state index contributed by atoms with van der Waals surface area (Å²) in [4.78, 5) is 23.9. The minimum atomic E-state index is -1.47. The zero-order valence-electron chi connectivity index (χ0n) is 12.0. The molecule has 19 heavy (non-hydrogen) atoms. The predicted molar refractivity (Wildman–Crippen MR) is 69.7 cm³/mol. The van der Waals surface area contributed by atoms with Crippen LogP contribution in [0.5, 0.6) is 0 Å². The fraction of sp³-hybridized carbons (Fsp3) is 0.857. The van der Waals surface area contributed by atoms with Crippen molar-refractivity contribution in [2.75, 3.05) is 13.2 Å². The molecule has 0 aromatic rings. The van der Waals surface area contributed by atoms with Crippen LogP contribution in [0.1, 0.15) is 46.5 Å². The van der Waals surface area contributed by atoms with Gasteiger partial charge in [-0.2, -0.15) is 0 Å². The summed E-state index contributed by atoms with van der Waals surface area (Å²) in [5.41, 5.74) is -1.47. The Bertz CT molecular complexity index is 320. The SMILES string of the molecule is CCOC(=O)C(CC(C)C)(CC1CCCO1)C(=O)O. The van der Waals surface area contributed by atoms with Crippen LogP contribution in [0, 0.1) is 11.3 Å². The van der Waals surface area contributed by atoms with Gasteiger partial charge in [0.2, 0.25) is 0 Å². The van der Waals surface area contributed by atoms with Crippen molar-refractivity contribution < 1.29 is 24.2 Å². The normalized spacial score (nSPS) is 22.2. The van der Waals surface area contributed by atoms with Gasteiger partial charge >= 0.3 is 11.9 Å². The first-order chi connectivity index (χ1) is 8.92. The second kappa shape index (κ2) is 6.89. The molecule has 0 amide bonds. The maximum absolute atomic E-state index is 12.2. The van der Waals surface area contributed by atoms with Crippen molar-refractivity contribution in [3.8, 4) is 0 Å². The van der Waals surface area contributed by atoms with Crippen LogP contribution < -0.4 is 0 Å². The first-order valence-corrected chi connectivity index (χ1v) is 6.94. The highest BCUT2D eigenvalue weighted by Gasteiger charge is 2.50. The van der Waals surface area contributed by atoms with E-state index in [1.807, 2.05) is 13.8 Å². The molecule has 0 radical (unpaired) electrons.